The van der Waals surface area contributed by atoms with Crippen LogP contribution < -0.4 is 16.0 Å². The predicted octanol–water partition coefficient (Wildman–Crippen LogP) is 3.43. The van der Waals surface area contributed by atoms with E-state index in [9.17, 15) is 14.4 Å². The average molecular weight is 459 g/mol. The van der Waals surface area contributed by atoms with Crippen molar-refractivity contribution in [2.24, 2.45) is 0 Å². The maximum atomic E-state index is 11.8. The van der Waals surface area contributed by atoms with Gasteiger partial charge in [0.05, 0.1) is 15.2 Å². The molecule has 26 heavy (non-hydrogen) atoms. The fourth-order valence-electron chi connectivity index (χ4n) is 1.98. The van der Waals surface area contributed by atoms with Crippen molar-refractivity contribution in [1.29, 1.82) is 0 Å². The van der Waals surface area contributed by atoms with E-state index in [4.69, 9.17) is 11.6 Å². The summed E-state index contributed by atoms with van der Waals surface area (Å²) in [5.41, 5.74) is 0.673. The van der Waals surface area contributed by atoms with Crippen molar-refractivity contribution in [3.63, 3.8) is 0 Å². The molecule has 2 aromatic rings. The van der Waals surface area contributed by atoms with Crippen LogP contribution >= 0.6 is 38.9 Å². The number of hydrogen-bond acceptors (Lipinski definition) is 4. The van der Waals surface area contributed by atoms with Gasteiger partial charge in [0.25, 0.3) is 5.91 Å². The molecule has 2 rings (SSSR count). The fraction of sp³-hybridized carbons (Fsp3) is 0.235. The first-order valence-corrected chi connectivity index (χ1v) is 9.78. The topological polar surface area (TPSA) is 87.3 Å². The minimum absolute atomic E-state index is 0.106. The molecule has 1 heterocycles. The van der Waals surface area contributed by atoms with E-state index in [1.165, 1.54) is 11.3 Å². The smallest absolute Gasteiger partial charge is 0.261 e. The molecule has 0 unspecified atom stereocenters. The molecular formula is C17H17BrClN3O3S. The number of halogens is 2. The van der Waals surface area contributed by atoms with E-state index >= 15 is 0 Å². The summed E-state index contributed by atoms with van der Waals surface area (Å²) in [6.45, 7) is 0.249. The first-order chi connectivity index (χ1) is 12.4. The van der Waals surface area contributed by atoms with Gasteiger partial charge >= 0.3 is 0 Å². The summed E-state index contributed by atoms with van der Waals surface area (Å²) >= 11 is 10.4. The number of carbonyl (C=O) groups excluding carboxylic acids is 3. The highest BCUT2D eigenvalue weighted by Crippen LogP contribution is 2.21. The first-order valence-electron chi connectivity index (χ1n) is 7.79. The lowest BCUT2D eigenvalue weighted by molar-refractivity contribution is -0.120. The standard InChI is InChI=1S/C17H17BrClN3O3S/c18-14-8-7-13(26-14)17(25)21-10-16(24)20-9-1-2-15(23)22-12-5-3-11(19)4-6-12/h3-8H,1-2,9-10H2,(H,20,24)(H,21,25)(H,22,23). The summed E-state index contributed by atoms with van der Waals surface area (Å²) in [6, 6.07) is 10.3. The molecule has 0 aliphatic rings. The van der Waals surface area contributed by atoms with Crippen molar-refractivity contribution >= 4 is 62.3 Å². The van der Waals surface area contributed by atoms with Gasteiger partial charge in [-0.25, -0.2) is 0 Å². The molecule has 0 saturated heterocycles. The largest absolute Gasteiger partial charge is 0.355 e. The molecule has 0 atom stereocenters. The van der Waals surface area contributed by atoms with Crippen molar-refractivity contribution in [3.8, 4) is 0 Å². The molecule has 0 bridgehead atoms. The van der Waals surface area contributed by atoms with Gasteiger partial charge in [-0.1, -0.05) is 11.6 Å². The third-order valence-corrected chi connectivity index (χ3v) is 5.11. The van der Waals surface area contributed by atoms with Gasteiger partial charge in [0.1, 0.15) is 0 Å². The van der Waals surface area contributed by atoms with Crippen LogP contribution in [0.4, 0.5) is 5.69 Å². The van der Waals surface area contributed by atoms with Crippen LogP contribution in [-0.2, 0) is 9.59 Å². The molecule has 3 N–H and O–H groups in total. The highest BCUT2D eigenvalue weighted by Gasteiger charge is 2.10. The van der Waals surface area contributed by atoms with Crippen LogP contribution in [0, 0.1) is 0 Å². The van der Waals surface area contributed by atoms with Gasteiger partial charge in [-0.15, -0.1) is 11.3 Å². The molecule has 1 aromatic carbocycles. The summed E-state index contributed by atoms with van der Waals surface area (Å²) < 4.78 is 0.851. The number of nitrogens with one attached hydrogen (secondary N) is 3. The molecule has 138 valence electrons. The Kier molecular flexibility index (Phi) is 8.08. The van der Waals surface area contributed by atoms with Crippen LogP contribution in [0.1, 0.15) is 22.5 Å². The third kappa shape index (κ3) is 7.15. The Hall–Kier alpha value is -1.90. The average Bonchev–Trinajstić information content (AvgIpc) is 3.05. The number of hydrogen-bond donors (Lipinski definition) is 3. The Morgan fingerprint density at radius 2 is 1.73 bits per heavy atom. The van der Waals surface area contributed by atoms with Gasteiger partial charge in [-0.3, -0.25) is 14.4 Å². The van der Waals surface area contributed by atoms with Crippen molar-refractivity contribution in [1.82, 2.24) is 10.6 Å². The number of benzene rings is 1. The van der Waals surface area contributed by atoms with Crippen LogP contribution in [0.2, 0.25) is 5.02 Å². The minimum atomic E-state index is -0.299. The molecule has 0 fully saturated rings. The number of rotatable bonds is 8. The Morgan fingerprint density at radius 3 is 2.38 bits per heavy atom. The van der Waals surface area contributed by atoms with Crippen LogP contribution in [0.5, 0.6) is 0 Å². The summed E-state index contributed by atoms with van der Waals surface area (Å²) in [7, 11) is 0. The van der Waals surface area contributed by atoms with Crippen LogP contribution in [-0.4, -0.2) is 30.8 Å². The van der Waals surface area contributed by atoms with Crippen molar-refractivity contribution in [3.05, 3.63) is 50.1 Å². The van der Waals surface area contributed by atoms with Gasteiger partial charge < -0.3 is 16.0 Å². The predicted molar refractivity (Wildman–Crippen MR) is 107 cm³/mol. The summed E-state index contributed by atoms with van der Waals surface area (Å²) in [4.78, 5) is 35.9. The normalized spacial score (nSPS) is 10.2. The molecule has 9 heteroatoms. The lowest BCUT2D eigenvalue weighted by Crippen LogP contribution is -2.37. The zero-order valence-corrected chi connectivity index (χ0v) is 16.8. The molecular weight excluding hydrogens is 442 g/mol. The zero-order valence-electron chi connectivity index (χ0n) is 13.7. The van der Waals surface area contributed by atoms with Crippen LogP contribution in [0.15, 0.2) is 40.2 Å². The van der Waals surface area contributed by atoms with Crippen molar-refractivity contribution < 1.29 is 14.4 Å². The van der Waals surface area contributed by atoms with E-state index in [2.05, 4.69) is 31.9 Å². The van der Waals surface area contributed by atoms with Crippen LogP contribution in [0.3, 0.4) is 0 Å². The highest BCUT2D eigenvalue weighted by atomic mass is 79.9. The first kappa shape index (κ1) is 20.4. The number of thiophene rings is 1. The lowest BCUT2D eigenvalue weighted by Gasteiger charge is -2.07. The van der Waals surface area contributed by atoms with Crippen molar-refractivity contribution in [2.45, 2.75) is 12.8 Å². The highest BCUT2D eigenvalue weighted by molar-refractivity contribution is 9.11. The van der Waals surface area contributed by atoms with Crippen LogP contribution in [0.25, 0.3) is 0 Å². The molecule has 6 nitrogen and oxygen atoms in total. The number of anilines is 1. The molecule has 3 amide bonds. The quantitative estimate of drug-likeness (QED) is 0.530. The summed E-state index contributed by atoms with van der Waals surface area (Å²) in [6.07, 6.45) is 0.773. The van der Waals surface area contributed by atoms with Gasteiger partial charge in [0, 0.05) is 23.7 Å². The van der Waals surface area contributed by atoms with E-state index < -0.39 is 0 Å². The van der Waals surface area contributed by atoms with Gasteiger partial charge in [0.15, 0.2) is 0 Å². The Morgan fingerprint density at radius 1 is 1.00 bits per heavy atom. The van der Waals surface area contributed by atoms with E-state index in [1.54, 1.807) is 36.4 Å². The Balaban J connectivity index is 1.58. The second kappa shape index (κ2) is 10.3. The molecule has 0 aliphatic heterocycles. The molecule has 0 radical (unpaired) electrons. The minimum Gasteiger partial charge on any atom is -0.355 e. The fourth-order valence-corrected chi connectivity index (χ4v) is 3.41. The zero-order chi connectivity index (χ0) is 18.9. The monoisotopic (exact) mass is 457 g/mol. The molecule has 1 aromatic heterocycles. The summed E-state index contributed by atoms with van der Waals surface area (Å²) in [5, 5.41) is 8.56. The maximum absolute atomic E-state index is 11.8. The SMILES string of the molecule is O=C(CNC(=O)c1ccc(Br)s1)NCCCC(=O)Nc1ccc(Cl)cc1. The van der Waals surface area contributed by atoms with E-state index in [1.807, 2.05) is 0 Å². The second-order valence-corrected chi connectivity index (χ2v) is 8.19. The van der Waals surface area contributed by atoms with Crippen molar-refractivity contribution in [2.75, 3.05) is 18.4 Å². The number of amides is 3. The van der Waals surface area contributed by atoms with E-state index in [0.717, 1.165) is 3.79 Å². The third-order valence-electron chi connectivity index (χ3n) is 3.24. The maximum Gasteiger partial charge on any atom is 0.261 e. The van der Waals surface area contributed by atoms with E-state index in [0.29, 0.717) is 28.6 Å². The second-order valence-electron chi connectivity index (χ2n) is 5.30. The number of carbonyl (C=O) groups is 3. The van der Waals surface area contributed by atoms with E-state index in [-0.39, 0.29) is 30.7 Å². The van der Waals surface area contributed by atoms with Gasteiger partial charge in [0.2, 0.25) is 11.8 Å². The lowest BCUT2D eigenvalue weighted by atomic mass is 10.2. The van der Waals surface area contributed by atoms with Gasteiger partial charge in [-0.2, -0.15) is 0 Å². The summed E-state index contributed by atoms with van der Waals surface area (Å²) in [5.74, 6) is -0.733. The molecule has 0 spiro atoms. The Bertz CT molecular complexity index is 780. The molecule has 0 aliphatic carbocycles. The molecule has 0 saturated carbocycles. The van der Waals surface area contributed by atoms with Gasteiger partial charge in [-0.05, 0) is 58.7 Å². The Labute approximate surface area is 168 Å².